The first kappa shape index (κ1) is 15.3. The summed E-state index contributed by atoms with van der Waals surface area (Å²) in [5.41, 5.74) is 3.44. The maximum atomic E-state index is 12.8. The molecular formula is C17H28N2O. The summed E-state index contributed by atoms with van der Waals surface area (Å²) in [6.07, 6.45) is 7.25. The largest absolute Gasteiger partial charge is 0.312 e. The summed E-state index contributed by atoms with van der Waals surface area (Å²) in [6.45, 7) is 7.95. The van der Waals surface area contributed by atoms with Crippen LogP contribution in [0.1, 0.15) is 68.3 Å². The summed E-state index contributed by atoms with van der Waals surface area (Å²) < 4.78 is 2.06. The second-order valence-corrected chi connectivity index (χ2v) is 6.09. The van der Waals surface area contributed by atoms with E-state index >= 15 is 0 Å². The maximum Gasteiger partial charge on any atom is 0.255 e. The Morgan fingerprint density at radius 1 is 1.25 bits per heavy atom. The lowest BCUT2D eigenvalue weighted by Gasteiger charge is -2.27. The van der Waals surface area contributed by atoms with Gasteiger partial charge >= 0.3 is 0 Å². The molecular weight excluding hydrogens is 248 g/mol. The van der Waals surface area contributed by atoms with E-state index in [1.165, 1.54) is 19.3 Å². The summed E-state index contributed by atoms with van der Waals surface area (Å²) in [4.78, 5) is 12.8. The van der Waals surface area contributed by atoms with Crippen LogP contribution in [0.3, 0.4) is 0 Å². The third-order valence-electron chi connectivity index (χ3n) is 4.43. The highest BCUT2D eigenvalue weighted by atomic mass is 16.1. The molecule has 0 saturated heterocycles. The zero-order valence-corrected chi connectivity index (χ0v) is 13.2. The molecule has 0 radical (unpaired) electrons. The van der Waals surface area contributed by atoms with Gasteiger partial charge in [-0.3, -0.25) is 4.79 Å². The summed E-state index contributed by atoms with van der Waals surface area (Å²) in [5.74, 6) is 0. The van der Waals surface area contributed by atoms with Crippen molar-refractivity contribution in [1.29, 1.82) is 0 Å². The Morgan fingerprint density at radius 3 is 2.60 bits per heavy atom. The molecule has 1 aromatic rings. The van der Waals surface area contributed by atoms with Gasteiger partial charge in [0.1, 0.15) is 0 Å². The molecule has 20 heavy (non-hydrogen) atoms. The molecule has 2 rings (SSSR count). The van der Waals surface area contributed by atoms with Gasteiger partial charge in [-0.05, 0) is 51.3 Å². The number of aryl methyl sites for hydroxylation is 2. The topological polar surface area (TPSA) is 34.0 Å². The van der Waals surface area contributed by atoms with Gasteiger partial charge in [0.15, 0.2) is 0 Å². The zero-order valence-electron chi connectivity index (χ0n) is 13.2. The fourth-order valence-electron chi connectivity index (χ4n) is 3.34. The molecule has 0 aromatic carbocycles. The third-order valence-corrected chi connectivity index (χ3v) is 4.43. The number of hydrogen-bond acceptors (Lipinski definition) is 2. The molecule has 1 aromatic heterocycles. The van der Waals surface area contributed by atoms with Crippen molar-refractivity contribution in [2.24, 2.45) is 0 Å². The van der Waals surface area contributed by atoms with Crippen LogP contribution in [-0.4, -0.2) is 11.1 Å². The molecule has 0 spiro atoms. The molecule has 1 aliphatic rings. The van der Waals surface area contributed by atoms with Crippen molar-refractivity contribution in [3.05, 3.63) is 33.2 Å². The van der Waals surface area contributed by atoms with Gasteiger partial charge in [-0.1, -0.05) is 26.2 Å². The van der Waals surface area contributed by atoms with Crippen molar-refractivity contribution >= 4 is 0 Å². The summed E-state index contributed by atoms with van der Waals surface area (Å²) >= 11 is 0. The van der Waals surface area contributed by atoms with E-state index in [0.29, 0.717) is 12.6 Å². The van der Waals surface area contributed by atoms with Crippen molar-refractivity contribution < 1.29 is 0 Å². The summed E-state index contributed by atoms with van der Waals surface area (Å²) in [7, 11) is 0. The van der Waals surface area contributed by atoms with E-state index in [2.05, 4.69) is 36.7 Å². The van der Waals surface area contributed by atoms with Crippen LogP contribution < -0.4 is 10.9 Å². The van der Waals surface area contributed by atoms with Crippen molar-refractivity contribution in [3.8, 4) is 0 Å². The van der Waals surface area contributed by atoms with E-state index in [1.54, 1.807) is 0 Å². The first-order valence-electron chi connectivity index (χ1n) is 8.07. The van der Waals surface area contributed by atoms with Crippen LogP contribution >= 0.6 is 0 Å². The number of nitrogens with zero attached hydrogens (tertiary/aromatic N) is 1. The Bertz CT molecular complexity index is 498. The molecule has 1 N–H and O–H groups in total. The van der Waals surface area contributed by atoms with Gasteiger partial charge in [0.2, 0.25) is 0 Å². The fraction of sp³-hybridized carbons (Fsp3) is 0.706. The average Bonchev–Trinajstić information content (AvgIpc) is 2.43. The van der Waals surface area contributed by atoms with Gasteiger partial charge in [-0.2, -0.15) is 0 Å². The van der Waals surface area contributed by atoms with Crippen LogP contribution in [0.25, 0.3) is 0 Å². The number of rotatable bonds is 5. The normalized spacial score (nSPS) is 16.6. The van der Waals surface area contributed by atoms with Crippen LogP contribution in [0.4, 0.5) is 0 Å². The van der Waals surface area contributed by atoms with Crippen LogP contribution in [0.2, 0.25) is 0 Å². The first-order valence-corrected chi connectivity index (χ1v) is 8.07. The van der Waals surface area contributed by atoms with E-state index in [4.69, 9.17) is 0 Å². The number of aromatic nitrogens is 1. The predicted octanol–water partition coefficient (Wildman–Crippen LogP) is 3.47. The highest BCUT2D eigenvalue weighted by Gasteiger charge is 2.20. The van der Waals surface area contributed by atoms with E-state index in [1.807, 2.05) is 0 Å². The predicted molar refractivity (Wildman–Crippen MR) is 84.3 cm³/mol. The summed E-state index contributed by atoms with van der Waals surface area (Å²) in [5, 5.41) is 3.37. The molecule has 1 saturated carbocycles. The van der Waals surface area contributed by atoms with Crippen molar-refractivity contribution in [2.45, 2.75) is 71.9 Å². The smallest absolute Gasteiger partial charge is 0.255 e. The third kappa shape index (κ3) is 3.32. The van der Waals surface area contributed by atoms with Gasteiger partial charge < -0.3 is 9.88 Å². The Morgan fingerprint density at radius 2 is 1.95 bits per heavy atom. The minimum atomic E-state index is 0.234. The molecule has 0 aliphatic heterocycles. The number of pyridine rings is 1. The van der Waals surface area contributed by atoms with Crippen LogP contribution in [-0.2, 0) is 6.54 Å². The van der Waals surface area contributed by atoms with Crippen molar-refractivity contribution in [2.75, 3.05) is 6.54 Å². The number of hydrogen-bond donors (Lipinski definition) is 1. The van der Waals surface area contributed by atoms with E-state index < -0.39 is 0 Å². The van der Waals surface area contributed by atoms with Gasteiger partial charge in [-0.25, -0.2) is 0 Å². The quantitative estimate of drug-likeness (QED) is 0.836. The zero-order chi connectivity index (χ0) is 14.5. The second kappa shape index (κ2) is 7.07. The lowest BCUT2D eigenvalue weighted by Crippen LogP contribution is -2.33. The standard InChI is InChI=1S/C17H28N2O/c1-4-10-18-12-16-13(2)11-14(3)19(17(16)20)15-8-6-5-7-9-15/h11,15,18H,4-10,12H2,1-3H3. The molecule has 0 bridgehead atoms. The Hall–Kier alpha value is -1.09. The highest BCUT2D eigenvalue weighted by Crippen LogP contribution is 2.28. The molecule has 3 nitrogen and oxygen atoms in total. The Kier molecular flexibility index (Phi) is 5.41. The molecule has 0 atom stereocenters. The van der Waals surface area contributed by atoms with E-state index in [-0.39, 0.29) is 5.56 Å². The monoisotopic (exact) mass is 276 g/mol. The van der Waals surface area contributed by atoms with Crippen molar-refractivity contribution in [3.63, 3.8) is 0 Å². The van der Waals surface area contributed by atoms with Gasteiger partial charge in [-0.15, -0.1) is 0 Å². The minimum absolute atomic E-state index is 0.234. The van der Waals surface area contributed by atoms with Crippen LogP contribution in [0, 0.1) is 13.8 Å². The second-order valence-electron chi connectivity index (χ2n) is 6.09. The average molecular weight is 276 g/mol. The lowest BCUT2D eigenvalue weighted by atomic mass is 9.94. The van der Waals surface area contributed by atoms with Gasteiger partial charge in [0.25, 0.3) is 5.56 Å². The van der Waals surface area contributed by atoms with E-state index in [0.717, 1.165) is 42.6 Å². The molecule has 112 valence electrons. The lowest BCUT2D eigenvalue weighted by molar-refractivity contribution is 0.340. The summed E-state index contributed by atoms with van der Waals surface area (Å²) in [6, 6.07) is 2.60. The molecule has 1 heterocycles. The highest BCUT2D eigenvalue weighted by molar-refractivity contribution is 5.26. The SMILES string of the molecule is CCCNCc1c(C)cc(C)n(C2CCCCC2)c1=O. The molecule has 0 amide bonds. The molecule has 0 unspecified atom stereocenters. The van der Waals surface area contributed by atoms with Crippen LogP contribution in [0.15, 0.2) is 10.9 Å². The van der Waals surface area contributed by atoms with Crippen LogP contribution in [0.5, 0.6) is 0 Å². The number of nitrogens with one attached hydrogen (secondary N) is 1. The maximum absolute atomic E-state index is 12.8. The fourth-order valence-corrected chi connectivity index (χ4v) is 3.34. The molecule has 1 fully saturated rings. The molecule has 3 heteroatoms. The van der Waals surface area contributed by atoms with Gasteiger partial charge in [0, 0.05) is 23.8 Å². The van der Waals surface area contributed by atoms with Gasteiger partial charge in [0.05, 0.1) is 0 Å². The van der Waals surface area contributed by atoms with Crippen molar-refractivity contribution in [1.82, 2.24) is 9.88 Å². The Labute approximate surface area is 122 Å². The Balaban J connectivity index is 2.31. The van der Waals surface area contributed by atoms with E-state index in [9.17, 15) is 4.79 Å². The molecule has 1 aliphatic carbocycles. The minimum Gasteiger partial charge on any atom is -0.312 e. The first-order chi connectivity index (χ1) is 9.65.